The average molecular weight is 185 g/mol. The summed E-state index contributed by atoms with van der Waals surface area (Å²) in [6, 6.07) is 8.19. The van der Waals surface area contributed by atoms with Crippen LogP contribution in [0.5, 0.6) is 0 Å². The van der Waals surface area contributed by atoms with Gasteiger partial charge in [-0.2, -0.15) is 0 Å². The molecule has 1 nitrogen and oxygen atoms in total. The van der Waals surface area contributed by atoms with Crippen molar-refractivity contribution in [1.29, 1.82) is 0 Å². The minimum Gasteiger partial charge on any atom is -0.261 e. The van der Waals surface area contributed by atoms with Gasteiger partial charge in [0.2, 0.25) is 0 Å². The molecule has 0 saturated heterocycles. The summed E-state index contributed by atoms with van der Waals surface area (Å²) >= 11 is 0. The van der Waals surface area contributed by atoms with Crippen molar-refractivity contribution in [2.75, 3.05) is 0 Å². The van der Waals surface area contributed by atoms with Crippen LogP contribution < -0.4 is 0 Å². The topological polar surface area (TPSA) is 12.4 Å². The second kappa shape index (κ2) is 5.18. The van der Waals surface area contributed by atoms with Crippen molar-refractivity contribution in [2.24, 2.45) is 4.99 Å². The van der Waals surface area contributed by atoms with Gasteiger partial charge in [0.15, 0.2) is 0 Å². The Morgan fingerprint density at radius 2 is 1.93 bits per heavy atom. The maximum atomic E-state index is 4.28. The SMILES string of the molecule is C=Cc1ccc(C(C)=N/C=C\C)cc1. The van der Waals surface area contributed by atoms with E-state index in [4.69, 9.17) is 0 Å². The van der Waals surface area contributed by atoms with Crippen LogP contribution in [-0.2, 0) is 0 Å². The second-order valence-electron chi connectivity index (χ2n) is 3.02. The van der Waals surface area contributed by atoms with Crippen molar-refractivity contribution in [2.45, 2.75) is 13.8 Å². The molecule has 0 atom stereocenters. The summed E-state index contributed by atoms with van der Waals surface area (Å²) in [5.74, 6) is 0. The molecule has 0 saturated carbocycles. The molecule has 14 heavy (non-hydrogen) atoms. The molecule has 0 radical (unpaired) electrons. The van der Waals surface area contributed by atoms with Crippen molar-refractivity contribution in [3.63, 3.8) is 0 Å². The Labute approximate surface area is 85.5 Å². The van der Waals surface area contributed by atoms with Crippen LogP contribution in [0.1, 0.15) is 25.0 Å². The van der Waals surface area contributed by atoms with E-state index in [9.17, 15) is 0 Å². The molecule has 1 aromatic carbocycles. The maximum Gasteiger partial charge on any atom is 0.0444 e. The third kappa shape index (κ3) is 2.70. The second-order valence-corrected chi connectivity index (χ2v) is 3.02. The number of hydrogen-bond donors (Lipinski definition) is 0. The molecule has 0 aromatic heterocycles. The zero-order valence-electron chi connectivity index (χ0n) is 8.70. The number of aliphatic imine (C=N–C) groups is 1. The van der Waals surface area contributed by atoms with Gasteiger partial charge in [0.05, 0.1) is 0 Å². The Balaban J connectivity index is 2.91. The fourth-order valence-electron chi connectivity index (χ4n) is 1.12. The van der Waals surface area contributed by atoms with E-state index in [2.05, 4.69) is 23.7 Å². The molecular formula is C13H15N. The average Bonchev–Trinajstić information content (AvgIpc) is 2.26. The number of hydrogen-bond acceptors (Lipinski definition) is 1. The first-order chi connectivity index (χ1) is 6.77. The Hall–Kier alpha value is -1.63. The van der Waals surface area contributed by atoms with Gasteiger partial charge < -0.3 is 0 Å². The number of benzene rings is 1. The normalized spacial score (nSPS) is 12.0. The zero-order valence-corrected chi connectivity index (χ0v) is 8.70. The molecule has 1 rings (SSSR count). The van der Waals surface area contributed by atoms with Crippen LogP contribution in [-0.4, -0.2) is 5.71 Å². The van der Waals surface area contributed by atoms with Gasteiger partial charge in [-0.3, -0.25) is 4.99 Å². The van der Waals surface area contributed by atoms with Crippen LogP contribution in [0, 0.1) is 0 Å². The van der Waals surface area contributed by atoms with Crippen molar-refractivity contribution in [3.05, 3.63) is 54.2 Å². The van der Waals surface area contributed by atoms with E-state index in [1.807, 2.05) is 38.1 Å². The highest BCUT2D eigenvalue weighted by Crippen LogP contribution is 2.06. The summed E-state index contributed by atoms with van der Waals surface area (Å²) in [6.45, 7) is 7.67. The summed E-state index contributed by atoms with van der Waals surface area (Å²) < 4.78 is 0. The van der Waals surface area contributed by atoms with Gasteiger partial charge >= 0.3 is 0 Å². The minimum atomic E-state index is 1.03. The van der Waals surface area contributed by atoms with E-state index in [0.717, 1.165) is 16.8 Å². The van der Waals surface area contributed by atoms with Crippen LogP contribution in [0.3, 0.4) is 0 Å². The van der Waals surface area contributed by atoms with Gasteiger partial charge in [-0.25, -0.2) is 0 Å². The van der Waals surface area contributed by atoms with E-state index in [0.29, 0.717) is 0 Å². The van der Waals surface area contributed by atoms with Crippen LogP contribution in [0.4, 0.5) is 0 Å². The molecular weight excluding hydrogens is 170 g/mol. The monoisotopic (exact) mass is 185 g/mol. The molecule has 72 valence electrons. The summed E-state index contributed by atoms with van der Waals surface area (Å²) in [5, 5.41) is 0. The molecule has 0 N–H and O–H groups in total. The molecule has 0 heterocycles. The predicted molar refractivity (Wildman–Crippen MR) is 63.6 cm³/mol. The zero-order chi connectivity index (χ0) is 10.4. The highest BCUT2D eigenvalue weighted by atomic mass is 14.7. The van der Waals surface area contributed by atoms with Gasteiger partial charge in [0.1, 0.15) is 0 Å². The van der Waals surface area contributed by atoms with Crippen molar-refractivity contribution < 1.29 is 0 Å². The highest BCUT2D eigenvalue weighted by Gasteiger charge is 1.94. The summed E-state index contributed by atoms with van der Waals surface area (Å²) in [6.07, 6.45) is 5.56. The lowest BCUT2D eigenvalue weighted by atomic mass is 10.1. The largest absolute Gasteiger partial charge is 0.261 e. The molecule has 0 aliphatic heterocycles. The van der Waals surface area contributed by atoms with Gasteiger partial charge in [-0.05, 0) is 25.0 Å². The lowest BCUT2D eigenvalue weighted by Crippen LogP contribution is -1.92. The van der Waals surface area contributed by atoms with Crippen LogP contribution in [0.2, 0.25) is 0 Å². The van der Waals surface area contributed by atoms with Crippen LogP contribution in [0.15, 0.2) is 48.1 Å². The summed E-state index contributed by atoms with van der Waals surface area (Å²) in [7, 11) is 0. The molecule has 0 bridgehead atoms. The maximum absolute atomic E-state index is 4.28. The first kappa shape index (κ1) is 10.5. The Bertz CT molecular complexity index is 355. The molecule has 0 aliphatic carbocycles. The van der Waals surface area contributed by atoms with Crippen LogP contribution >= 0.6 is 0 Å². The predicted octanol–water partition coefficient (Wildman–Crippen LogP) is 3.67. The van der Waals surface area contributed by atoms with E-state index >= 15 is 0 Å². The Morgan fingerprint density at radius 1 is 1.29 bits per heavy atom. The standard InChI is InChI=1S/C13H15N/c1-4-10-14-11(3)13-8-6-12(5-2)7-9-13/h4-10H,2H2,1,3H3/b10-4-,14-11?. The van der Waals surface area contributed by atoms with Gasteiger partial charge in [-0.15, -0.1) is 0 Å². The highest BCUT2D eigenvalue weighted by molar-refractivity contribution is 5.99. The molecule has 0 unspecified atom stereocenters. The van der Waals surface area contributed by atoms with Gasteiger partial charge in [0.25, 0.3) is 0 Å². The third-order valence-electron chi connectivity index (χ3n) is 1.98. The quantitative estimate of drug-likeness (QED) is 0.637. The van der Waals surface area contributed by atoms with Crippen molar-refractivity contribution >= 4 is 11.8 Å². The third-order valence-corrected chi connectivity index (χ3v) is 1.98. The lowest BCUT2D eigenvalue weighted by molar-refractivity contribution is 1.47. The molecule has 0 fully saturated rings. The number of rotatable bonds is 3. The molecule has 0 amide bonds. The smallest absolute Gasteiger partial charge is 0.0444 e. The fourth-order valence-corrected chi connectivity index (χ4v) is 1.12. The van der Waals surface area contributed by atoms with Crippen LogP contribution in [0.25, 0.3) is 6.08 Å². The summed E-state index contributed by atoms with van der Waals surface area (Å²) in [5.41, 5.74) is 3.31. The summed E-state index contributed by atoms with van der Waals surface area (Å²) in [4.78, 5) is 4.28. The van der Waals surface area contributed by atoms with Gasteiger partial charge in [0, 0.05) is 11.9 Å². The fraction of sp³-hybridized carbons (Fsp3) is 0.154. The van der Waals surface area contributed by atoms with E-state index in [-0.39, 0.29) is 0 Å². The first-order valence-electron chi connectivity index (χ1n) is 4.66. The molecule has 1 heteroatoms. The lowest BCUT2D eigenvalue weighted by Gasteiger charge is -1.99. The number of nitrogens with zero attached hydrogens (tertiary/aromatic N) is 1. The first-order valence-corrected chi connectivity index (χ1v) is 4.66. The number of allylic oxidation sites excluding steroid dienone is 1. The Kier molecular flexibility index (Phi) is 3.86. The molecule has 0 aliphatic rings. The van der Waals surface area contributed by atoms with E-state index < -0.39 is 0 Å². The van der Waals surface area contributed by atoms with Gasteiger partial charge in [-0.1, -0.05) is 43.0 Å². The minimum absolute atomic E-state index is 1.03. The Morgan fingerprint density at radius 3 is 2.43 bits per heavy atom. The van der Waals surface area contributed by atoms with E-state index in [1.54, 1.807) is 6.20 Å². The van der Waals surface area contributed by atoms with Crippen molar-refractivity contribution in [3.8, 4) is 0 Å². The van der Waals surface area contributed by atoms with E-state index in [1.165, 1.54) is 0 Å². The molecule has 0 spiro atoms. The van der Waals surface area contributed by atoms with Crippen molar-refractivity contribution in [1.82, 2.24) is 0 Å². The molecule has 1 aromatic rings.